The number of nitrogens with zero attached hydrogens (tertiary/aromatic N) is 3. The van der Waals surface area contributed by atoms with Crippen LogP contribution in [0.5, 0.6) is 0 Å². The Morgan fingerprint density at radius 3 is 2.64 bits per heavy atom. The highest BCUT2D eigenvalue weighted by atomic mass is 32.1. The van der Waals surface area contributed by atoms with Crippen LogP contribution in [0.25, 0.3) is 65.0 Å². The Morgan fingerprint density at radius 2 is 1.81 bits per heavy atom. The van der Waals surface area contributed by atoms with Crippen LogP contribution in [0.4, 0.5) is 14.5 Å². The van der Waals surface area contributed by atoms with Gasteiger partial charge >= 0.3 is 0 Å². The summed E-state index contributed by atoms with van der Waals surface area (Å²) in [6.45, 7) is 3.75. The van der Waals surface area contributed by atoms with E-state index in [0.717, 1.165) is 75.2 Å². The Kier molecular flexibility index (Phi) is 4.33. The highest BCUT2D eigenvalue weighted by Crippen LogP contribution is 2.57. The normalized spacial score (nSPS) is 15.1. The summed E-state index contributed by atoms with van der Waals surface area (Å²) in [6.07, 6.45) is 0. The van der Waals surface area contributed by atoms with E-state index in [2.05, 4.69) is 38.6 Å². The molecule has 0 bridgehead atoms. The maximum Gasteiger partial charge on any atom is 0.157 e. The number of aromatic amines is 1. The van der Waals surface area contributed by atoms with Crippen LogP contribution in [-0.2, 0) is 0 Å². The first kappa shape index (κ1) is 20.7. The quantitative estimate of drug-likeness (QED) is 0.247. The average Bonchev–Trinajstić information content (AvgIpc) is 3.65. The van der Waals surface area contributed by atoms with Crippen molar-refractivity contribution in [3.05, 3.63) is 59.5 Å². The zero-order valence-electron chi connectivity index (χ0n) is 18.9. The number of fused-ring (bicyclic) bond motifs is 7. The molecule has 5 nitrogen and oxygen atoms in total. The number of rotatable bonds is 2. The first-order valence-electron chi connectivity index (χ1n) is 11.8. The summed E-state index contributed by atoms with van der Waals surface area (Å²) >= 11 is 1.62. The molecule has 0 saturated carbocycles. The fourth-order valence-electron chi connectivity index (χ4n) is 5.64. The lowest BCUT2D eigenvalue weighted by atomic mass is 9.99. The molecule has 0 atom stereocenters. The number of hydrogen-bond acceptors (Lipinski definition) is 5. The predicted octanol–water partition coefficient (Wildman–Crippen LogP) is 6.91. The fraction of sp³-hybridized carbons (Fsp3) is 0.148. The molecule has 176 valence electrons. The molecule has 1 aliphatic carbocycles. The molecule has 2 aromatic carbocycles. The summed E-state index contributed by atoms with van der Waals surface area (Å²) in [5, 5.41) is 16.5. The number of pyridine rings is 1. The SMILES string of the molecule is Fc1ccc(F)c2c1pc1c3c(c4c(-c5cccs5)n[nH]c4nc32)-c2ccc(N3CCNCC3)cc2-1. The van der Waals surface area contributed by atoms with Crippen molar-refractivity contribution in [1.82, 2.24) is 20.5 Å². The van der Waals surface area contributed by atoms with Crippen LogP contribution in [0.1, 0.15) is 0 Å². The average molecular weight is 514 g/mol. The predicted molar refractivity (Wildman–Crippen MR) is 144 cm³/mol. The van der Waals surface area contributed by atoms with Gasteiger partial charge in [0.1, 0.15) is 17.3 Å². The summed E-state index contributed by atoms with van der Waals surface area (Å²) < 4.78 is 30.3. The topological polar surface area (TPSA) is 56.8 Å². The monoisotopic (exact) mass is 513 g/mol. The van der Waals surface area contributed by atoms with Crippen molar-refractivity contribution in [2.45, 2.75) is 0 Å². The molecular formula is C27H18F2N5PS. The van der Waals surface area contributed by atoms with Crippen molar-refractivity contribution in [1.29, 1.82) is 0 Å². The Hall–Kier alpha value is -3.45. The molecular weight excluding hydrogens is 495 g/mol. The molecule has 9 heteroatoms. The third kappa shape index (κ3) is 2.75. The van der Waals surface area contributed by atoms with Crippen LogP contribution < -0.4 is 10.2 Å². The number of H-pyrrole nitrogens is 1. The van der Waals surface area contributed by atoms with Crippen molar-refractivity contribution < 1.29 is 8.78 Å². The summed E-state index contributed by atoms with van der Waals surface area (Å²) in [5.41, 5.74) is 6.18. The lowest BCUT2D eigenvalue weighted by Gasteiger charge is -2.29. The zero-order valence-corrected chi connectivity index (χ0v) is 20.6. The van der Waals surface area contributed by atoms with Crippen molar-refractivity contribution >= 4 is 57.7 Å². The minimum absolute atomic E-state index is 0.251. The maximum atomic E-state index is 15.2. The Balaban J connectivity index is 1.53. The Labute approximate surface area is 209 Å². The highest BCUT2D eigenvalue weighted by Gasteiger charge is 2.31. The fourth-order valence-corrected chi connectivity index (χ4v) is 7.72. The minimum atomic E-state index is -0.456. The van der Waals surface area contributed by atoms with Gasteiger partial charge in [-0.3, -0.25) is 5.10 Å². The zero-order chi connectivity index (χ0) is 24.0. The number of aromatic nitrogens is 3. The van der Waals surface area contributed by atoms with Crippen LogP contribution in [-0.4, -0.2) is 41.4 Å². The summed E-state index contributed by atoms with van der Waals surface area (Å²) in [7, 11) is 0.656. The third-order valence-electron chi connectivity index (χ3n) is 7.25. The number of halogens is 2. The third-order valence-corrected chi connectivity index (χ3v) is 9.47. The molecule has 8 rings (SSSR count). The van der Waals surface area contributed by atoms with Gasteiger partial charge in [0.05, 0.1) is 26.3 Å². The smallest absolute Gasteiger partial charge is 0.157 e. The van der Waals surface area contributed by atoms with Crippen molar-refractivity contribution in [2.75, 3.05) is 31.1 Å². The lowest BCUT2D eigenvalue weighted by molar-refractivity contribution is 0.589. The van der Waals surface area contributed by atoms with E-state index in [1.165, 1.54) is 12.1 Å². The van der Waals surface area contributed by atoms with Crippen molar-refractivity contribution in [3.63, 3.8) is 0 Å². The van der Waals surface area contributed by atoms with Gasteiger partial charge in [0.25, 0.3) is 0 Å². The minimum Gasteiger partial charge on any atom is -0.369 e. The van der Waals surface area contributed by atoms with Crippen LogP contribution in [0.2, 0.25) is 0 Å². The molecule has 0 spiro atoms. The summed E-state index contributed by atoms with van der Waals surface area (Å²) in [5.74, 6) is -0.868. The standard InChI is InChI=1S/C27H18F2N5PS/c28-16-5-6-17(29)26-20(16)24-21-19(22-23(18-2-1-11-36-18)32-33-27(22)31-24)14-4-3-13(12-15(14)25(21)35-26)34-9-7-30-8-10-34/h1-6,11-12,30H,7-10H2,(H,31,32,33). The molecule has 1 saturated heterocycles. The van der Waals surface area contributed by atoms with Crippen molar-refractivity contribution in [2.24, 2.45) is 0 Å². The van der Waals surface area contributed by atoms with Gasteiger partial charge in [-0.15, -0.1) is 11.3 Å². The van der Waals surface area contributed by atoms with Gasteiger partial charge in [-0.05, 0) is 46.8 Å². The molecule has 1 fully saturated rings. The van der Waals surface area contributed by atoms with Gasteiger partial charge in [0, 0.05) is 48.1 Å². The molecule has 2 aliphatic rings. The summed E-state index contributed by atoms with van der Waals surface area (Å²) in [6, 6.07) is 13.0. The second-order valence-corrected chi connectivity index (χ2v) is 11.2. The molecule has 0 radical (unpaired) electrons. The van der Waals surface area contributed by atoms with E-state index in [1.54, 1.807) is 11.3 Å². The van der Waals surface area contributed by atoms with Crippen LogP contribution in [0.3, 0.4) is 0 Å². The molecule has 1 aliphatic heterocycles. The van der Waals surface area contributed by atoms with Gasteiger partial charge in [0.2, 0.25) is 0 Å². The summed E-state index contributed by atoms with van der Waals surface area (Å²) in [4.78, 5) is 8.28. The number of benzene rings is 2. The first-order chi connectivity index (χ1) is 17.7. The maximum absolute atomic E-state index is 15.2. The molecule has 6 aromatic rings. The van der Waals surface area contributed by atoms with Crippen LogP contribution >= 0.6 is 19.5 Å². The molecule has 5 heterocycles. The van der Waals surface area contributed by atoms with E-state index in [-0.39, 0.29) is 5.39 Å². The number of hydrogen-bond donors (Lipinski definition) is 2. The second kappa shape index (κ2) is 7.53. The second-order valence-electron chi connectivity index (χ2n) is 9.16. The highest BCUT2D eigenvalue weighted by molar-refractivity contribution is 7.41. The number of anilines is 1. The largest absolute Gasteiger partial charge is 0.369 e. The molecule has 36 heavy (non-hydrogen) atoms. The van der Waals surface area contributed by atoms with E-state index in [4.69, 9.17) is 4.98 Å². The number of nitrogens with one attached hydrogen (secondary N) is 2. The van der Waals surface area contributed by atoms with Gasteiger partial charge in [-0.25, -0.2) is 13.8 Å². The van der Waals surface area contributed by atoms with Gasteiger partial charge in [-0.1, -0.05) is 20.3 Å². The van der Waals surface area contributed by atoms with Crippen LogP contribution in [0.15, 0.2) is 47.8 Å². The molecule has 0 amide bonds. The molecule has 0 unspecified atom stereocenters. The van der Waals surface area contributed by atoms with Crippen LogP contribution in [0, 0.1) is 11.6 Å². The number of thiophene rings is 1. The van der Waals surface area contributed by atoms with E-state index >= 15 is 8.78 Å². The lowest BCUT2D eigenvalue weighted by Crippen LogP contribution is -2.43. The van der Waals surface area contributed by atoms with Gasteiger partial charge in [-0.2, -0.15) is 5.10 Å². The Bertz CT molecular complexity index is 1860. The Morgan fingerprint density at radius 1 is 0.944 bits per heavy atom. The molecule has 4 aromatic heterocycles. The van der Waals surface area contributed by atoms with Gasteiger partial charge < -0.3 is 10.2 Å². The molecule has 2 N–H and O–H groups in total. The van der Waals surface area contributed by atoms with Gasteiger partial charge in [0.15, 0.2) is 5.65 Å². The first-order valence-corrected chi connectivity index (χ1v) is 13.6. The number of piperazine rings is 1. The van der Waals surface area contributed by atoms with E-state index in [9.17, 15) is 0 Å². The van der Waals surface area contributed by atoms with E-state index < -0.39 is 11.6 Å². The van der Waals surface area contributed by atoms with E-state index in [1.807, 2.05) is 17.5 Å². The van der Waals surface area contributed by atoms with E-state index in [0.29, 0.717) is 24.5 Å². The van der Waals surface area contributed by atoms with Crippen molar-refractivity contribution in [3.8, 4) is 32.6 Å².